The maximum absolute atomic E-state index is 12.2. The van der Waals surface area contributed by atoms with Crippen molar-refractivity contribution in [2.24, 2.45) is 14.1 Å². The van der Waals surface area contributed by atoms with E-state index in [4.69, 9.17) is 10.8 Å². The summed E-state index contributed by atoms with van der Waals surface area (Å²) >= 11 is 3.46. The number of nitrogens with zero attached hydrogens (tertiary/aromatic N) is 4. The van der Waals surface area contributed by atoms with Gasteiger partial charge in [-0.3, -0.25) is 9.36 Å². The molecular formula is C11H17BrN5O2+. The molecule has 0 saturated heterocycles. The molecule has 0 aromatic carbocycles. The van der Waals surface area contributed by atoms with Crippen molar-refractivity contribution >= 4 is 33.0 Å². The van der Waals surface area contributed by atoms with Gasteiger partial charge in [0.05, 0.1) is 13.6 Å². The number of unbranched alkanes of at least 4 members (excludes halogenated alkanes) is 1. The number of nitrogen functional groups attached to an aromatic ring is 1. The molecule has 0 atom stereocenters. The van der Waals surface area contributed by atoms with Crippen molar-refractivity contribution in [2.45, 2.75) is 19.4 Å². The van der Waals surface area contributed by atoms with Crippen LogP contribution in [0.25, 0.3) is 11.2 Å². The minimum Gasteiger partial charge on any atom is -0.396 e. The summed E-state index contributed by atoms with van der Waals surface area (Å²) in [5.74, 6) is 0.187. The Labute approximate surface area is 118 Å². The Morgan fingerprint density at radius 1 is 1.37 bits per heavy atom. The van der Waals surface area contributed by atoms with Crippen LogP contribution in [-0.4, -0.2) is 25.8 Å². The number of aliphatic hydroxyl groups is 1. The normalized spacial score (nSPS) is 11.4. The average Bonchev–Trinajstić information content (AvgIpc) is 2.61. The zero-order valence-electron chi connectivity index (χ0n) is 10.9. The fraction of sp³-hybridized carbons (Fsp3) is 0.545. The van der Waals surface area contributed by atoms with Crippen molar-refractivity contribution < 1.29 is 9.67 Å². The van der Waals surface area contributed by atoms with Crippen LogP contribution in [0.4, 0.5) is 5.95 Å². The maximum Gasteiger partial charge on any atom is 0.312 e. The highest BCUT2D eigenvalue weighted by molar-refractivity contribution is 9.10. The van der Waals surface area contributed by atoms with Gasteiger partial charge in [-0.05, 0) is 12.8 Å². The summed E-state index contributed by atoms with van der Waals surface area (Å²) in [6.07, 6.45) is 1.51. The van der Waals surface area contributed by atoms with Crippen molar-refractivity contribution in [3.8, 4) is 0 Å². The lowest BCUT2D eigenvalue weighted by Crippen LogP contribution is -2.36. The van der Waals surface area contributed by atoms with E-state index in [2.05, 4.69) is 20.9 Å². The number of nitrogens with two attached hydrogens (primary N) is 1. The average molecular weight is 331 g/mol. The Bertz CT molecular complexity index is 676. The molecule has 19 heavy (non-hydrogen) atoms. The van der Waals surface area contributed by atoms with Gasteiger partial charge in [0.1, 0.15) is 0 Å². The fourth-order valence-electron chi connectivity index (χ4n) is 2.02. The molecule has 0 aliphatic rings. The molecule has 2 heterocycles. The Kier molecular flexibility index (Phi) is 3.91. The van der Waals surface area contributed by atoms with Crippen LogP contribution in [0.5, 0.6) is 0 Å². The summed E-state index contributed by atoms with van der Waals surface area (Å²) in [5, 5.41) is 8.84. The molecule has 0 aliphatic heterocycles. The van der Waals surface area contributed by atoms with Crippen molar-refractivity contribution in [3.63, 3.8) is 0 Å². The standard InChI is InChI=1S/C11H16BrN5O2/c1-15-7-8(14-11(13)16(2)9(7)19)17(10(15)12)5-3-4-6-18/h18H,3-6H2,1-2H3,(H-,13,14,19)/p+1. The number of aliphatic hydroxyl groups excluding tert-OH is 1. The Morgan fingerprint density at radius 3 is 2.68 bits per heavy atom. The maximum atomic E-state index is 12.2. The van der Waals surface area contributed by atoms with Gasteiger partial charge in [-0.25, -0.2) is 9.13 Å². The third kappa shape index (κ3) is 2.25. The molecular weight excluding hydrogens is 314 g/mol. The van der Waals surface area contributed by atoms with Crippen LogP contribution < -0.4 is 15.9 Å². The van der Waals surface area contributed by atoms with Gasteiger partial charge in [0, 0.05) is 29.6 Å². The summed E-state index contributed by atoms with van der Waals surface area (Å²) in [6.45, 7) is 0.818. The molecule has 0 unspecified atom stereocenters. The molecule has 0 spiro atoms. The molecule has 8 heteroatoms. The van der Waals surface area contributed by atoms with Crippen LogP contribution >= 0.6 is 15.9 Å². The van der Waals surface area contributed by atoms with E-state index in [1.165, 1.54) is 4.57 Å². The molecule has 0 saturated carbocycles. The summed E-state index contributed by atoms with van der Waals surface area (Å²) in [4.78, 5) is 16.5. The first-order chi connectivity index (χ1) is 8.99. The highest BCUT2D eigenvalue weighted by atomic mass is 79.9. The number of rotatable bonds is 4. The number of halogens is 1. The first-order valence-corrected chi connectivity index (χ1v) is 6.79. The summed E-state index contributed by atoms with van der Waals surface area (Å²) in [7, 11) is 3.40. The molecule has 2 aromatic rings. The molecule has 0 bridgehead atoms. The van der Waals surface area contributed by atoms with Gasteiger partial charge in [0.2, 0.25) is 5.52 Å². The highest BCUT2D eigenvalue weighted by Gasteiger charge is 2.25. The summed E-state index contributed by atoms with van der Waals surface area (Å²) < 4.78 is 5.73. The lowest BCUT2D eigenvalue weighted by atomic mass is 10.3. The summed E-state index contributed by atoms with van der Waals surface area (Å²) in [6, 6.07) is 0. The number of aromatic nitrogens is 4. The van der Waals surface area contributed by atoms with Crippen LogP contribution in [0, 0.1) is 0 Å². The van der Waals surface area contributed by atoms with Gasteiger partial charge in [-0.15, -0.1) is 0 Å². The van der Waals surface area contributed by atoms with Crippen LogP contribution in [0.3, 0.4) is 0 Å². The Morgan fingerprint density at radius 2 is 2.05 bits per heavy atom. The van der Waals surface area contributed by atoms with Gasteiger partial charge in [0.15, 0.2) is 0 Å². The van der Waals surface area contributed by atoms with Crippen molar-refractivity contribution in [1.82, 2.24) is 14.1 Å². The number of anilines is 1. The monoisotopic (exact) mass is 330 g/mol. The molecule has 0 fully saturated rings. The Hall–Kier alpha value is -1.41. The van der Waals surface area contributed by atoms with E-state index >= 15 is 0 Å². The highest BCUT2D eigenvalue weighted by Crippen LogP contribution is 2.13. The first kappa shape index (κ1) is 14.0. The third-order valence-corrected chi connectivity index (χ3v) is 4.12. The molecule has 0 radical (unpaired) electrons. The Balaban J connectivity index is 2.65. The largest absolute Gasteiger partial charge is 0.396 e. The zero-order chi connectivity index (χ0) is 14.2. The van der Waals surface area contributed by atoms with Crippen LogP contribution in [0.1, 0.15) is 12.8 Å². The fourth-order valence-corrected chi connectivity index (χ4v) is 2.54. The molecule has 0 amide bonds. The first-order valence-electron chi connectivity index (χ1n) is 6.00. The van der Waals surface area contributed by atoms with Crippen LogP contribution in [0.15, 0.2) is 9.53 Å². The van der Waals surface area contributed by atoms with E-state index in [1.54, 1.807) is 18.7 Å². The predicted molar refractivity (Wildman–Crippen MR) is 74.6 cm³/mol. The van der Waals surface area contributed by atoms with E-state index in [-0.39, 0.29) is 18.1 Å². The lowest BCUT2D eigenvalue weighted by Gasteiger charge is -1.99. The molecule has 3 N–H and O–H groups in total. The molecule has 7 nitrogen and oxygen atoms in total. The summed E-state index contributed by atoms with van der Waals surface area (Å²) in [5.41, 5.74) is 6.64. The van der Waals surface area contributed by atoms with E-state index in [1.807, 2.05) is 4.57 Å². The lowest BCUT2D eigenvalue weighted by molar-refractivity contribution is -0.685. The van der Waals surface area contributed by atoms with Gasteiger partial charge >= 0.3 is 11.2 Å². The van der Waals surface area contributed by atoms with Gasteiger partial charge in [-0.2, -0.15) is 0 Å². The topological polar surface area (TPSA) is 90.0 Å². The third-order valence-electron chi connectivity index (χ3n) is 3.16. The number of hydrogen-bond donors (Lipinski definition) is 2. The van der Waals surface area contributed by atoms with Crippen molar-refractivity contribution in [1.29, 1.82) is 0 Å². The number of hydrogen-bond acceptors (Lipinski definition) is 4. The second-order valence-electron chi connectivity index (χ2n) is 4.42. The second kappa shape index (κ2) is 5.30. The minimum atomic E-state index is -0.174. The van der Waals surface area contributed by atoms with Crippen LogP contribution in [0.2, 0.25) is 0 Å². The van der Waals surface area contributed by atoms with Gasteiger partial charge in [-0.1, -0.05) is 4.98 Å². The van der Waals surface area contributed by atoms with E-state index < -0.39 is 0 Å². The number of imidazole rings is 1. The van der Waals surface area contributed by atoms with Crippen molar-refractivity contribution in [3.05, 3.63) is 15.1 Å². The predicted octanol–water partition coefficient (Wildman–Crippen LogP) is -0.323. The smallest absolute Gasteiger partial charge is 0.312 e. The van der Waals surface area contributed by atoms with Gasteiger partial charge in [0.25, 0.3) is 10.7 Å². The SMILES string of the molecule is Cn1c(N)nc2c(c1=O)n(C)c(Br)[n+]2CCCCO. The molecule has 104 valence electrons. The molecule has 0 aliphatic carbocycles. The van der Waals surface area contributed by atoms with E-state index in [9.17, 15) is 4.79 Å². The van der Waals surface area contributed by atoms with E-state index in [0.29, 0.717) is 24.1 Å². The number of aryl methyl sites for hydroxylation is 2. The van der Waals surface area contributed by atoms with Gasteiger partial charge < -0.3 is 10.8 Å². The van der Waals surface area contributed by atoms with Crippen LogP contribution in [-0.2, 0) is 20.6 Å². The molecule has 2 rings (SSSR count). The van der Waals surface area contributed by atoms with E-state index in [0.717, 1.165) is 11.2 Å². The number of fused-ring (bicyclic) bond motifs is 1. The minimum absolute atomic E-state index is 0.153. The molecule has 2 aromatic heterocycles. The second-order valence-corrected chi connectivity index (χ2v) is 5.13. The quantitative estimate of drug-likeness (QED) is 0.456. The zero-order valence-corrected chi connectivity index (χ0v) is 12.5. The van der Waals surface area contributed by atoms with Crippen molar-refractivity contribution in [2.75, 3.05) is 12.3 Å².